The first-order chi connectivity index (χ1) is 15.5. The molecular weight excluding hydrogens is 462 g/mol. The van der Waals surface area contributed by atoms with Crippen LogP contribution >= 0.6 is 11.6 Å². The molecule has 178 valence electrons. The molecule has 8 heteroatoms. The van der Waals surface area contributed by atoms with Crippen LogP contribution < -0.4 is 9.46 Å². The first kappa shape index (κ1) is 24.0. The molecule has 0 bridgehead atoms. The Morgan fingerprint density at radius 1 is 1.21 bits per heavy atom. The standard InChI is InChI=1S/C25H30ClNO5S/c1-5-16-9-12-21-18(13-16)24-19(25(3,4)32-21)11-10-17(31-24)14-23(28)27-33(29,30)22-8-6-7-20(26)15(22)2/h6-9,12-13,17,19,24H,5,10-11,14H2,1-4H3,(H,27,28)/t17-,19+,24-/m1/s1. The average Bonchev–Trinajstić information content (AvgIpc) is 2.74. The summed E-state index contributed by atoms with van der Waals surface area (Å²) >= 11 is 6.06. The molecule has 1 saturated heterocycles. The summed E-state index contributed by atoms with van der Waals surface area (Å²) in [6, 6.07) is 10.8. The summed E-state index contributed by atoms with van der Waals surface area (Å²) in [6.07, 6.45) is 1.77. The van der Waals surface area contributed by atoms with Gasteiger partial charge in [0.2, 0.25) is 5.91 Å². The zero-order valence-electron chi connectivity index (χ0n) is 19.4. The molecule has 2 aromatic carbocycles. The van der Waals surface area contributed by atoms with Crippen molar-refractivity contribution >= 4 is 27.5 Å². The predicted molar refractivity (Wildman–Crippen MR) is 127 cm³/mol. The molecule has 2 aliphatic heterocycles. The molecule has 0 aromatic heterocycles. The fourth-order valence-electron chi connectivity index (χ4n) is 4.86. The van der Waals surface area contributed by atoms with Gasteiger partial charge in [-0.15, -0.1) is 0 Å². The van der Waals surface area contributed by atoms with E-state index in [1.54, 1.807) is 19.1 Å². The molecular formula is C25H30ClNO5S. The van der Waals surface area contributed by atoms with Gasteiger partial charge in [-0.1, -0.05) is 30.7 Å². The third kappa shape index (κ3) is 4.77. The van der Waals surface area contributed by atoms with Crippen LogP contribution in [-0.2, 0) is 26.0 Å². The van der Waals surface area contributed by atoms with Gasteiger partial charge >= 0.3 is 0 Å². The van der Waals surface area contributed by atoms with Crippen molar-refractivity contribution in [1.29, 1.82) is 0 Å². The van der Waals surface area contributed by atoms with E-state index in [2.05, 4.69) is 37.6 Å². The van der Waals surface area contributed by atoms with Gasteiger partial charge in [-0.3, -0.25) is 4.79 Å². The van der Waals surface area contributed by atoms with Crippen LogP contribution in [-0.4, -0.2) is 26.0 Å². The van der Waals surface area contributed by atoms with Crippen LogP contribution in [0.1, 0.15) is 62.8 Å². The monoisotopic (exact) mass is 491 g/mol. The maximum absolute atomic E-state index is 12.8. The van der Waals surface area contributed by atoms with E-state index in [1.807, 2.05) is 6.07 Å². The summed E-state index contributed by atoms with van der Waals surface area (Å²) in [4.78, 5) is 12.7. The van der Waals surface area contributed by atoms with E-state index in [-0.39, 0.29) is 29.4 Å². The number of benzene rings is 2. The van der Waals surface area contributed by atoms with Gasteiger partial charge in [0.25, 0.3) is 10.0 Å². The Hall–Kier alpha value is -2.09. The average molecular weight is 492 g/mol. The molecule has 6 nitrogen and oxygen atoms in total. The molecule has 4 rings (SSSR count). The van der Waals surface area contributed by atoms with Crippen LogP contribution in [0.25, 0.3) is 0 Å². The Bertz CT molecular complexity index is 1180. The number of rotatable bonds is 5. The lowest BCUT2D eigenvalue weighted by molar-refractivity contribution is -0.155. The third-order valence-corrected chi connectivity index (χ3v) is 8.66. The molecule has 1 N–H and O–H groups in total. The maximum atomic E-state index is 12.8. The van der Waals surface area contributed by atoms with Gasteiger partial charge in [0.15, 0.2) is 0 Å². The summed E-state index contributed by atoms with van der Waals surface area (Å²) < 4.78 is 40.4. The SMILES string of the molecule is CCc1ccc2c(c1)[C@H]1O[C@@H](CC(=O)NS(=O)(=O)c3cccc(Cl)c3C)CC[C@@H]1C(C)(C)O2. The Labute approximate surface area is 200 Å². The van der Waals surface area contributed by atoms with E-state index in [0.29, 0.717) is 17.0 Å². The Balaban J connectivity index is 1.50. The summed E-state index contributed by atoms with van der Waals surface area (Å²) in [5, 5.41) is 0.333. The van der Waals surface area contributed by atoms with Crippen LogP contribution in [0, 0.1) is 12.8 Å². The lowest BCUT2D eigenvalue weighted by Gasteiger charge is -2.48. The maximum Gasteiger partial charge on any atom is 0.264 e. The van der Waals surface area contributed by atoms with E-state index in [0.717, 1.165) is 24.2 Å². The highest BCUT2D eigenvalue weighted by atomic mass is 35.5. The smallest absolute Gasteiger partial charge is 0.264 e. The number of hydrogen-bond donors (Lipinski definition) is 1. The van der Waals surface area contributed by atoms with E-state index in [9.17, 15) is 13.2 Å². The second-order valence-corrected chi connectivity index (χ2v) is 11.4. The molecule has 0 aliphatic carbocycles. The van der Waals surface area contributed by atoms with Crippen molar-refractivity contribution in [2.24, 2.45) is 5.92 Å². The van der Waals surface area contributed by atoms with Crippen molar-refractivity contribution in [3.8, 4) is 5.75 Å². The van der Waals surface area contributed by atoms with Crippen molar-refractivity contribution in [1.82, 2.24) is 4.72 Å². The number of carbonyl (C=O) groups is 1. The number of halogens is 1. The second kappa shape index (κ2) is 8.93. The topological polar surface area (TPSA) is 81.7 Å². The van der Waals surface area contributed by atoms with Crippen LogP contribution in [0.15, 0.2) is 41.3 Å². The minimum absolute atomic E-state index is 0.000165. The summed E-state index contributed by atoms with van der Waals surface area (Å²) in [6.45, 7) is 7.85. The summed E-state index contributed by atoms with van der Waals surface area (Å²) in [7, 11) is -4.02. The van der Waals surface area contributed by atoms with Gasteiger partial charge < -0.3 is 9.47 Å². The Kier molecular flexibility index (Phi) is 6.51. The van der Waals surface area contributed by atoms with Crippen molar-refractivity contribution in [3.63, 3.8) is 0 Å². The molecule has 2 aliphatic rings. The van der Waals surface area contributed by atoms with Gasteiger partial charge in [-0.05, 0) is 75.4 Å². The molecule has 0 unspecified atom stereocenters. The highest BCUT2D eigenvalue weighted by Crippen LogP contribution is 2.51. The zero-order chi connectivity index (χ0) is 24.0. The number of ether oxygens (including phenoxy) is 2. The van der Waals surface area contributed by atoms with Crippen LogP contribution in [0.5, 0.6) is 5.75 Å². The Morgan fingerprint density at radius 2 is 1.97 bits per heavy atom. The molecule has 0 radical (unpaired) electrons. The molecule has 3 atom stereocenters. The van der Waals surface area contributed by atoms with Gasteiger partial charge in [-0.2, -0.15) is 0 Å². The van der Waals surface area contributed by atoms with Crippen LogP contribution in [0.2, 0.25) is 5.02 Å². The number of aryl methyl sites for hydroxylation is 1. The van der Waals surface area contributed by atoms with E-state index >= 15 is 0 Å². The van der Waals surface area contributed by atoms with Crippen molar-refractivity contribution in [2.45, 2.75) is 76.1 Å². The number of nitrogens with one attached hydrogen (secondary N) is 1. The van der Waals surface area contributed by atoms with Gasteiger partial charge in [0.1, 0.15) is 11.4 Å². The van der Waals surface area contributed by atoms with E-state index in [4.69, 9.17) is 21.1 Å². The normalized spacial score (nSPS) is 23.7. The highest BCUT2D eigenvalue weighted by molar-refractivity contribution is 7.90. The fourth-order valence-corrected chi connectivity index (χ4v) is 6.36. The molecule has 33 heavy (non-hydrogen) atoms. The third-order valence-electron chi connectivity index (χ3n) is 6.73. The fraction of sp³-hybridized carbons (Fsp3) is 0.480. The summed E-state index contributed by atoms with van der Waals surface area (Å²) in [5.74, 6) is 0.364. The van der Waals surface area contributed by atoms with E-state index < -0.39 is 21.5 Å². The zero-order valence-corrected chi connectivity index (χ0v) is 20.9. The molecule has 1 amide bonds. The first-order valence-corrected chi connectivity index (χ1v) is 13.2. The van der Waals surface area contributed by atoms with Gasteiger partial charge in [0, 0.05) is 16.5 Å². The number of amides is 1. The van der Waals surface area contributed by atoms with Crippen LogP contribution in [0.4, 0.5) is 0 Å². The quantitative estimate of drug-likeness (QED) is 0.628. The minimum Gasteiger partial charge on any atom is -0.487 e. The highest BCUT2D eigenvalue weighted by Gasteiger charge is 2.47. The largest absolute Gasteiger partial charge is 0.487 e. The van der Waals surface area contributed by atoms with Crippen molar-refractivity contribution in [3.05, 3.63) is 58.1 Å². The number of sulfonamides is 1. The van der Waals surface area contributed by atoms with Gasteiger partial charge in [-0.25, -0.2) is 13.1 Å². The number of fused-ring (bicyclic) bond motifs is 3. The first-order valence-electron chi connectivity index (χ1n) is 11.3. The lowest BCUT2D eigenvalue weighted by Crippen LogP contribution is -2.49. The second-order valence-electron chi connectivity index (χ2n) is 9.39. The molecule has 2 aromatic rings. The minimum atomic E-state index is -4.02. The molecule has 2 heterocycles. The van der Waals surface area contributed by atoms with E-state index in [1.165, 1.54) is 11.6 Å². The molecule has 0 saturated carbocycles. The lowest BCUT2D eigenvalue weighted by atomic mass is 9.74. The predicted octanol–water partition coefficient (Wildman–Crippen LogP) is 5.11. The number of hydrogen-bond acceptors (Lipinski definition) is 5. The van der Waals surface area contributed by atoms with Crippen molar-refractivity contribution in [2.75, 3.05) is 0 Å². The molecule has 0 spiro atoms. The number of carbonyl (C=O) groups excluding carboxylic acids is 1. The molecule has 1 fully saturated rings. The van der Waals surface area contributed by atoms with Crippen molar-refractivity contribution < 1.29 is 22.7 Å². The Morgan fingerprint density at radius 3 is 2.70 bits per heavy atom. The summed E-state index contributed by atoms with van der Waals surface area (Å²) in [5.41, 5.74) is 2.21. The van der Waals surface area contributed by atoms with Gasteiger partial charge in [0.05, 0.1) is 23.5 Å². The van der Waals surface area contributed by atoms with Crippen LogP contribution in [0.3, 0.4) is 0 Å².